The van der Waals surface area contributed by atoms with Gasteiger partial charge in [0.2, 0.25) is 0 Å². The molecule has 1 aliphatic heterocycles. The number of nitrogens with one attached hydrogen (secondary N) is 1. The Morgan fingerprint density at radius 3 is 2.31 bits per heavy atom. The Labute approximate surface area is 230 Å². The molecule has 206 valence electrons. The fraction of sp³-hybridized carbons (Fsp3) is 0.548. The van der Waals surface area contributed by atoms with Crippen LogP contribution in [0.15, 0.2) is 42.6 Å². The van der Waals surface area contributed by atoms with Crippen LogP contribution in [0.3, 0.4) is 0 Å². The minimum absolute atomic E-state index is 0.168. The molecule has 1 aromatic carbocycles. The fourth-order valence-corrected chi connectivity index (χ4v) is 7.68. The van der Waals surface area contributed by atoms with Gasteiger partial charge < -0.3 is 9.64 Å². The average Bonchev–Trinajstić information content (AvgIpc) is 2.89. The first-order valence-electron chi connectivity index (χ1n) is 14.2. The zero-order valence-electron chi connectivity index (χ0n) is 23.1. The third kappa shape index (κ3) is 5.13. The number of nitrogens with zero attached hydrogens (tertiary/aromatic N) is 3. The minimum Gasteiger partial charge on any atom is -0.444 e. The molecule has 0 saturated heterocycles. The Morgan fingerprint density at radius 1 is 1.00 bits per heavy atom. The van der Waals surface area contributed by atoms with Gasteiger partial charge in [-0.05, 0) is 119 Å². The van der Waals surface area contributed by atoms with Crippen LogP contribution in [0.25, 0.3) is 0 Å². The van der Waals surface area contributed by atoms with Crippen molar-refractivity contribution in [3.63, 3.8) is 0 Å². The Bertz CT molecular complexity index is 1250. The maximum absolute atomic E-state index is 14.2. The van der Waals surface area contributed by atoms with E-state index >= 15 is 0 Å². The predicted molar refractivity (Wildman–Crippen MR) is 146 cm³/mol. The van der Waals surface area contributed by atoms with Gasteiger partial charge in [-0.1, -0.05) is 12.1 Å². The molecule has 2 aromatic rings. The second-order valence-electron chi connectivity index (χ2n) is 13.1. The van der Waals surface area contributed by atoms with Gasteiger partial charge in [0.05, 0.1) is 5.54 Å². The third-order valence-corrected chi connectivity index (χ3v) is 8.91. The minimum atomic E-state index is -0.548. The highest BCUT2D eigenvalue weighted by atomic mass is 16.6. The zero-order valence-corrected chi connectivity index (χ0v) is 23.1. The Balaban J connectivity index is 1.27. The van der Waals surface area contributed by atoms with E-state index < -0.39 is 5.60 Å². The fourth-order valence-electron chi connectivity index (χ4n) is 7.68. The topological polar surface area (TPSA) is 91.8 Å². The van der Waals surface area contributed by atoms with Crippen molar-refractivity contribution in [1.29, 1.82) is 0 Å². The second kappa shape index (κ2) is 9.65. The van der Waals surface area contributed by atoms with Gasteiger partial charge in [0, 0.05) is 24.8 Å². The van der Waals surface area contributed by atoms with E-state index in [0.717, 1.165) is 30.4 Å². The molecule has 8 nitrogen and oxygen atoms in total. The van der Waals surface area contributed by atoms with Crippen LogP contribution < -0.4 is 5.43 Å². The molecule has 1 aromatic heterocycles. The molecule has 7 rings (SSSR count). The van der Waals surface area contributed by atoms with Crippen molar-refractivity contribution in [2.75, 3.05) is 6.54 Å². The molecule has 4 aliphatic carbocycles. The summed E-state index contributed by atoms with van der Waals surface area (Å²) in [6.07, 6.45) is 8.43. The van der Waals surface area contributed by atoms with Gasteiger partial charge in [-0.3, -0.25) is 20.0 Å². The lowest BCUT2D eigenvalue weighted by molar-refractivity contribution is -0.0875. The number of carbonyl (C=O) groups excluding carboxylic acids is 3. The van der Waals surface area contributed by atoms with Crippen molar-refractivity contribution < 1.29 is 19.1 Å². The number of ether oxygens (including phenoxy) is 1. The monoisotopic (exact) mass is 530 g/mol. The van der Waals surface area contributed by atoms with Gasteiger partial charge in [-0.15, -0.1) is 0 Å². The number of amides is 3. The normalized spacial score (nSPS) is 27.1. The van der Waals surface area contributed by atoms with Crippen LogP contribution in [0, 0.1) is 17.8 Å². The molecule has 39 heavy (non-hydrogen) atoms. The Morgan fingerprint density at radius 2 is 1.69 bits per heavy atom. The zero-order chi connectivity index (χ0) is 27.4. The highest BCUT2D eigenvalue weighted by Gasteiger charge is 2.55. The molecule has 8 heteroatoms. The number of carbonyl (C=O) groups is 3. The van der Waals surface area contributed by atoms with Gasteiger partial charge in [0.1, 0.15) is 11.3 Å². The van der Waals surface area contributed by atoms with Gasteiger partial charge in [-0.2, -0.15) is 0 Å². The first-order chi connectivity index (χ1) is 18.6. The average molecular weight is 531 g/mol. The maximum atomic E-state index is 14.2. The van der Waals surface area contributed by atoms with E-state index in [0.29, 0.717) is 48.5 Å². The summed E-state index contributed by atoms with van der Waals surface area (Å²) in [5.74, 6) is 1.31. The lowest BCUT2D eigenvalue weighted by Gasteiger charge is -2.59. The number of benzene rings is 1. The van der Waals surface area contributed by atoms with Crippen molar-refractivity contribution in [2.45, 2.75) is 83.4 Å². The van der Waals surface area contributed by atoms with E-state index in [9.17, 15) is 14.4 Å². The van der Waals surface area contributed by atoms with E-state index in [1.807, 2.05) is 39.0 Å². The maximum Gasteiger partial charge on any atom is 0.410 e. The van der Waals surface area contributed by atoms with Gasteiger partial charge in [-0.25, -0.2) is 9.80 Å². The summed E-state index contributed by atoms with van der Waals surface area (Å²) in [6, 6.07) is 11.0. The predicted octanol–water partition coefficient (Wildman–Crippen LogP) is 5.13. The number of rotatable bonds is 3. The van der Waals surface area contributed by atoms with E-state index in [1.54, 1.807) is 34.3 Å². The van der Waals surface area contributed by atoms with Crippen LogP contribution in [-0.2, 0) is 17.7 Å². The van der Waals surface area contributed by atoms with Gasteiger partial charge >= 0.3 is 6.09 Å². The summed E-state index contributed by atoms with van der Waals surface area (Å²) >= 11 is 0. The molecule has 0 unspecified atom stereocenters. The third-order valence-electron chi connectivity index (χ3n) is 8.91. The summed E-state index contributed by atoms with van der Waals surface area (Å²) < 4.78 is 5.56. The first-order valence-corrected chi connectivity index (χ1v) is 14.2. The second-order valence-corrected chi connectivity index (χ2v) is 13.1. The van der Waals surface area contributed by atoms with Crippen molar-refractivity contribution >= 4 is 17.9 Å². The van der Waals surface area contributed by atoms with Crippen molar-refractivity contribution in [1.82, 2.24) is 20.3 Å². The van der Waals surface area contributed by atoms with Crippen LogP contribution in [0.1, 0.15) is 91.3 Å². The molecule has 4 saturated carbocycles. The smallest absolute Gasteiger partial charge is 0.410 e. The molecule has 1 N–H and O–H groups in total. The summed E-state index contributed by atoms with van der Waals surface area (Å²) in [5, 5.41) is 1.69. The van der Waals surface area contributed by atoms with Crippen LogP contribution >= 0.6 is 0 Å². The van der Waals surface area contributed by atoms with Crippen molar-refractivity contribution in [2.24, 2.45) is 17.8 Å². The largest absolute Gasteiger partial charge is 0.444 e. The number of fused-ring (bicyclic) bond motifs is 1. The summed E-state index contributed by atoms with van der Waals surface area (Å²) in [4.78, 5) is 46.1. The first kappa shape index (κ1) is 25.8. The number of hydrogen-bond donors (Lipinski definition) is 1. The van der Waals surface area contributed by atoms with E-state index in [2.05, 4.69) is 10.4 Å². The van der Waals surface area contributed by atoms with Crippen molar-refractivity contribution in [3.05, 3.63) is 65.0 Å². The molecule has 4 bridgehead atoms. The SMILES string of the molecule is CC(C)(C)OC(=O)N1CCc2cc(C(=O)N(NC(=O)c3ccccn3)C34CC5CC(CC(C5)C3)C4)ccc2C1. The Kier molecular flexibility index (Phi) is 6.39. The van der Waals surface area contributed by atoms with E-state index in [4.69, 9.17) is 4.74 Å². The molecule has 5 aliphatic rings. The lowest BCUT2D eigenvalue weighted by atomic mass is 9.52. The molecular weight excluding hydrogens is 492 g/mol. The molecule has 3 amide bonds. The lowest BCUT2D eigenvalue weighted by Crippen LogP contribution is -2.66. The molecule has 2 heterocycles. The summed E-state index contributed by atoms with van der Waals surface area (Å²) in [6.45, 7) is 6.58. The van der Waals surface area contributed by atoms with Gasteiger partial charge in [0.25, 0.3) is 11.8 Å². The van der Waals surface area contributed by atoms with Crippen LogP contribution in [0.2, 0.25) is 0 Å². The summed E-state index contributed by atoms with van der Waals surface area (Å²) in [5.41, 5.74) is 5.06. The molecule has 0 atom stereocenters. The summed E-state index contributed by atoms with van der Waals surface area (Å²) in [7, 11) is 0. The number of aromatic nitrogens is 1. The number of hydrogen-bond acceptors (Lipinski definition) is 5. The quantitative estimate of drug-likeness (QED) is 0.556. The standard InChI is InChI=1S/C31H38N4O4/c1-30(2,3)39-29(38)34-11-9-23-15-24(7-8-25(23)19-34)28(37)35(33-27(36)26-6-4-5-10-32-26)31-16-20-12-21(17-31)14-22(13-20)18-31/h4-8,10,15,20-22H,9,11-14,16-19H2,1-3H3,(H,33,36). The molecule has 0 spiro atoms. The highest BCUT2D eigenvalue weighted by Crippen LogP contribution is 2.57. The van der Waals surface area contributed by atoms with Crippen LogP contribution in [0.5, 0.6) is 0 Å². The van der Waals surface area contributed by atoms with Crippen LogP contribution in [0.4, 0.5) is 4.79 Å². The van der Waals surface area contributed by atoms with Crippen molar-refractivity contribution in [3.8, 4) is 0 Å². The van der Waals surface area contributed by atoms with Gasteiger partial charge in [0.15, 0.2) is 0 Å². The molecule has 0 radical (unpaired) electrons. The van der Waals surface area contributed by atoms with Crippen LogP contribution in [-0.4, -0.2) is 50.5 Å². The molecular formula is C31H38N4O4. The number of pyridine rings is 1. The molecule has 4 fully saturated rings. The number of hydrazine groups is 1. The highest BCUT2D eigenvalue weighted by molar-refractivity contribution is 5.99. The van der Waals surface area contributed by atoms with E-state index in [-0.39, 0.29) is 23.4 Å². The van der Waals surface area contributed by atoms with E-state index in [1.165, 1.54) is 19.3 Å². The Hall–Kier alpha value is -3.42.